The average molecular weight is 344 g/mol. The van der Waals surface area contributed by atoms with Crippen molar-refractivity contribution in [2.24, 2.45) is 5.92 Å². The highest BCUT2D eigenvalue weighted by Gasteiger charge is 2.42. The van der Waals surface area contributed by atoms with E-state index in [0.29, 0.717) is 29.7 Å². The van der Waals surface area contributed by atoms with E-state index in [9.17, 15) is 18.0 Å². The number of aliphatic hydroxyl groups is 1. The van der Waals surface area contributed by atoms with Gasteiger partial charge in [-0.2, -0.15) is 13.2 Å². The fourth-order valence-corrected chi connectivity index (χ4v) is 3.14. The van der Waals surface area contributed by atoms with Gasteiger partial charge in [-0.15, -0.1) is 0 Å². The Labute approximate surface area is 139 Å². The van der Waals surface area contributed by atoms with Gasteiger partial charge in [0, 0.05) is 23.8 Å². The minimum absolute atomic E-state index is 0.0594. The Kier molecular flexibility index (Phi) is 6.10. The van der Waals surface area contributed by atoms with Crippen LogP contribution < -0.4 is 10.6 Å². The van der Waals surface area contributed by atoms with Crippen molar-refractivity contribution in [3.8, 4) is 0 Å². The summed E-state index contributed by atoms with van der Waals surface area (Å²) in [5, 5.41) is 14.5. The van der Waals surface area contributed by atoms with Crippen LogP contribution in [0.25, 0.3) is 0 Å². The van der Waals surface area contributed by atoms with Crippen molar-refractivity contribution in [1.82, 2.24) is 5.32 Å². The van der Waals surface area contributed by atoms with Crippen LogP contribution in [-0.2, 0) is 0 Å². The number of alkyl halides is 3. The first-order valence-corrected chi connectivity index (χ1v) is 8.15. The highest BCUT2D eigenvalue weighted by molar-refractivity contribution is 5.97. The van der Waals surface area contributed by atoms with Crippen molar-refractivity contribution in [2.45, 2.75) is 44.8 Å². The maximum atomic E-state index is 12.9. The van der Waals surface area contributed by atoms with E-state index in [1.165, 1.54) is 0 Å². The second-order valence-electron chi connectivity index (χ2n) is 6.20. The van der Waals surface area contributed by atoms with Gasteiger partial charge in [0.25, 0.3) is 5.91 Å². The van der Waals surface area contributed by atoms with Crippen LogP contribution in [0, 0.1) is 12.8 Å². The largest absolute Gasteiger partial charge is 0.395 e. The number of carbonyl (C=O) groups excluding carboxylic acids is 1. The quantitative estimate of drug-likeness (QED) is 0.768. The second-order valence-corrected chi connectivity index (χ2v) is 6.20. The number of rotatable bonds is 5. The first kappa shape index (κ1) is 18.6. The summed E-state index contributed by atoms with van der Waals surface area (Å²) in [7, 11) is 0. The molecular formula is C17H23F3N2O2. The number of halogens is 3. The summed E-state index contributed by atoms with van der Waals surface area (Å²) in [5.74, 6) is -1.57. The summed E-state index contributed by atoms with van der Waals surface area (Å²) >= 11 is 0. The molecule has 0 aromatic heterocycles. The summed E-state index contributed by atoms with van der Waals surface area (Å²) in [6.07, 6.45) is -2.68. The fourth-order valence-electron chi connectivity index (χ4n) is 3.14. The summed E-state index contributed by atoms with van der Waals surface area (Å²) in [6, 6.07) is 4.88. The van der Waals surface area contributed by atoms with Crippen LogP contribution in [0.15, 0.2) is 18.2 Å². The van der Waals surface area contributed by atoms with Gasteiger partial charge < -0.3 is 15.7 Å². The highest BCUT2D eigenvalue weighted by atomic mass is 19.4. The van der Waals surface area contributed by atoms with Gasteiger partial charge in [-0.25, -0.2) is 0 Å². The molecule has 3 N–H and O–H groups in total. The zero-order chi connectivity index (χ0) is 17.7. The van der Waals surface area contributed by atoms with E-state index in [1.54, 1.807) is 25.1 Å². The minimum Gasteiger partial charge on any atom is -0.395 e. The van der Waals surface area contributed by atoms with E-state index in [-0.39, 0.29) is 37.9 Å². The summed E-state index contributed by atoms with van der Waals surface area (Å²) in [4.78, 5) is 12.1. The number of amides is 1. The highest BCUT2D eigenvalue weighted by Crippen LogP contribution is 2.38. The van der Waals surface area contributed by atoms with E-state index >= 15 is 0 Å². The molecule has 0 heterocycles. The van der Waals surface area contributed by atoms with Gasteiger partial charge in [0.1, 0.15) is 0 Å². The van der Waals surface area contributed by atoms with Crippen LogP contribution in [0.4, 0.5) is 18.9 Å². The van der Waals surface area contributed by atoms with E-state index in [0.717, 1.165) is 0 Å². The number of hydrogen-bond acceptors (Lipinski definition) is 3. The second kappa shape index (κ2) is 7.88. The SMILES string of the molecule is Cc1c(N[C@@H]2CCC[C@@H](C(F)(F)F)C2)cccc1C(=O)NCCO. The van der Waals surface area contributed by atoms with Crippen LogP contribution in [-0.4, -0.2) is 36.4 Å². The number of carbonyl (C=O) groups is 1. The molecule has 0 unspecified atom stereocenters. The van der Waals surface area contributed by atoms with Crippen LogP contribution in [0.3, 0.4) is 0 Å². The van der Waals surface area contributed by atoms with Gasteiger partial charge >= 0.3 is 6.18 Å². The van der Waals surface area contributed by atoms with E-state index < -0.39 is 12.1 Å². The molecule has 4 nitrogen and oxygen atoms in total. The van der Waals surface area contributed by atoms with Gasteiger partial charge in [-0.1, -0.05) is 12.5 Å². The van der Waals surface area contributed by atoms with Gasteiger partial charge in [0.15, 0.2) is 0 Å². The smallest absolute Gasteiger partial charge is 0.391 e. The van der Waals surface area contributed by atoms with Crippen LogP contribution in [0.1, 0.15) is 41.6 Å². The first-order chi connectivity index (χ1) is 11.3. The molecule has 2 atom stereocenters. The summed E-state index contributed by atoms with van der Waals surface area (Å²) in [5.41, 5.74) is 1.83. The summed E-state index contributed by atoms with van der Waals surface area (Å²) < 4.78 is 38.8. The standard InChI is InChI=1S/C17H23F3N2O2/c1-11-14(16(24)21-8-9-23)6-3-7-15(11)22-13-5-2-4-12(10-13)17(18,19)20/h3,6-7,12-13,22-23H,2,4-5,8-10H2,1H3,(H,21,24)/t12-,13-/m1/s1. The Morgan fingerprint density at radius 2 is 2.08 bits per heavy atom. The predicted octanol–water partition coefficient (Wildman–Crippen LogP) is 3.25. The monoisotopic (exact) mass is 344 g/mol. The lowest BCUT2D eigenvalue weighted by molar-refractivity contribution is -0.182. The van der Waals surface area contributed by atoms with Crippen LogP contribution in [0.2, 0.25) is 0 Å². The molecule has 1 amide bonds. The van der Waals surface area contributed by atoms with E-state index in [2.05, 4.69) is 10.6 Å². The third-order valence-corrected chi connectivity index (χ3v) is 4.47. The number of aliphatic hydroxyl groups excluding tert-OH is 1. The molecule has 1 aliphatic rings. The molecule has 0 radical (unpaired) electrons. The maximum Gasteiger partial charge on any atom is 0.391 e. The van der Waals surface area contributed by atoms with Gasteiger partial charge in [-0.05, 0) is 43.9 Å². The number of anilines is 1. The number of nitrogens with one attached hydrogen (secondary N) is 2. The lowest BCUT2D eigenvalue weighted by atomic mass is 9.85. The van der Waals surface area contributed by atoms with Crippen LogP contribution >= 0.6 is 0 Å². The first-order valence-electron chi connectivity index (χ1n) is 8.15. The third kappa shape index (κ3) is 4.63. The molecule has 0 saturated heterocycles. The molecule has 1 aromatic rings. The third-order valence-electron chi connectivity index (χ3n) is 4.47. The van der Waals surface area contributed by atoms with Crippen molar-refractivity contribution >= 4 is 11.6 Å². The Morgan fingerprint density at radius 1 is 1.33 bits per heavy atom. The predicted molar refractivity (Wildman–Crippen MR) is 86.0 cm³/mol. The normalized spacial score (nSPS) is 21.4. The van der Waals surface area contributed by atoms with Crippen LogP contribution in [0.5, 0.6) is 0 Å². The molecule has 1 aromatic carbocycles. The Morgan fingerprint density at radius 3 is 2.75 bits per heavy atom. The Balaban J connectivity index is 2.08. The lowest BCUT2D eigenvalue weighted by Crippen LogP contribution is -2.35. The zero-order valence-electron chi connectivity index (χ0n) is 13.6. The fraction of sp³-hybridized carbons (Fsp3) is 0.588. The lowest BCUT2D eigenvalue weighted by Gasteiger charge is -2.32. The molecule has 0 aliphatic heterocycles. The molecule has 0 bridgehead atoms. The van der Waals surface area contributed by atoms with Gasteiger partial charge in [0.05, 0.1) is 12.5 Å². The topological polar surface area (TPSA) is 61.4 Å². The molecular weight excluding hydrogens is 321 g/mol. The molecule has 0 spiro atoms. The molecule has 7 heteroatoms. The van der Waals surface area contributed by atoms with Crippen molar-refractivity contribution < 1.29 is 23.1 Å². The summed E-state index contributed by atoms with van der Waals surface area (Å²) in [6.45, 7) is 1.77. The van der Waals surface area contributed by atoms with Crippen molar-refractivity contribution in [3.63, 3.8) is 0 Å². The molecule has 1 aliphatic carbocycles. The molecule has 134 valence electrons. The molecule has 2 rings (SSSR count). The number of benzene rings is 1. The molecule has 1 saturated carbocycles. The maximum absolute atomic E-state index is 12.9. The van der Waals surface area contributed by atoms with Gasteiger partial charge in [-0.3, -0.25) is 4.79 Å². The van der Waals surface area contributed by atoms with Crippen molar-refractivity contribution in [2.75, 3.05) is 18.5 Å². The van der Waals surface area contributed by atoms with Gasteiger partial charge in [0.2, 0.25) is 0 Å². The molecule has 1 fully saturated rings. The Hall–Kier alpha value is -1.76. The van der Waals surface area contributed by atoms with E-state index in [1.807, 2.05) is 0 Å². The van der Waals surface area contributed by atoms with E-state index in [4.69, 9.17) is 5.11 Å². The number of hydrogen-bond donors (Lipinski definition) is 3. The minimum atomic E-state index is -4.15. The molecule has 24 heavy (non-hydrogen) atoms. The average Bonchev–Trinajstić information content (AvgIpc) is 2.54. The Bertz CT molecular complexity index is 575. The van der Waals surface area contributed by atoms with Crippen molar-refractivity contribution in [1.29, 1.82) is 0 Å². The van der Waals surface area contributed by atoms with Crippen molar-refractivity contribution in [3.05, 3.63) is 29.3 Å². The zero-order valence-corrected chi connectivity index (χ0v) is 13.6.